The van der Waals surface area contributed by atoms with Gasteiger partial charge in [0.2, 0.25) is 0 Å². The molecule has 0 saturated carbocycles. The Bertz CT molecular complexity index is 160. The molecule has 9 heavy (non-hydrogen) atoms. The third kappa shape index (κ3) is 1.91. The van der Waals surface area contributed by atoms with Crippen molar-refractivity contribution in [1.82, 2.24) is 0 Å². The first kappa shape index (κ1) is 8.00. The van der Waals surface area contributed by atoms with Gasteiger partial charge >= 0.3 is 0 Å². The van der Waals surface area contributed by atoms with Gasteiger partial charge in [0, 0.05) is 0 Å². The quantitative estimate of drug-likeness (QED) is 0.525. The summed E-state index contributed by atoms with van der Waals surface area (Å²) in [5.74, 6) is 0. The molecule has 0 aromatic carbocycles. The van der Waals surface area contributed by atoms with Crippen LogP contribution in [0.5, 0.6) is 0 Å². The van der Waals surface area contributed by atoms with Gasteiger partial charge in [0.25, 0.3) is 0 Å². The molecule has 0 aliphatic heterocycles. The zero-order valence-electron chi connectivity index (χ0n) is 4.59. The molecule has 50 valence electrons. The van der Waals surface area contributed by atoms with E-state index in [4.69, 9.17) is 0 Å². The summed E-state index contributed by atoms with van der Waals surface area (Å²) in [6.07, 6.45) is 7.59. The average molecular weight is 348 g/mol. The maximum absolute atomic E-state index is 9.48. The Morgan fingerprint density at radius 1 is 1.44 bits per heavy atom. The summed E-state index contributed by atoms with van der Waals surface area (Å²) in [7, 11) is 0. The second-order valence-electron chi connectivity index (χ2n) is 1.87. The molecule has 0 aromatic heterocycles. The number of hydrogen-bond donors (Lipinski definition) is 1. The van der Waals surface area contributed by atoms with Crippen molar-refractivity contribution >= 4 is 45.2 Å². The first-order chi connectivity index (χ1) is 4.13. The average Bonchev–Trinajstić information content (AvgIpc) is 1.77. The Labute approximate surface area is 81.5 Å². The minimum absolute atomic E-state index is 0.195. The molecule has 0 saturated heterocycles. The predicted molar refractivity (Wildman–Crippen MR) is 55.1 cm³/mol. The Morgan fingerprint density at radius 2 is 2.11 bits per heavy atom. The topological polar surface area (TPSA) is 20.2 Å². The van der Waals surface area contributed by atoms with Gasteiger partial charge in [-0.25, -0.2) is 0 Å². The Kier molecular flexibility index (Phi) is 2.56. The Hall–Kier alpha value is 0.900. The van der Waals surface area contributed by atoms with Gasteiger partial charge < -0.3 is 5.11 Å². The summed E-state index contributed by atoms with van der Waals surface area (Å²) < 4.78 is -0.478. The van der Waals surface area contributed by atoms with Crippen LogP contribution in [-0.4, -0.2) is 12.6 Å². The fourth-order valence-electron chi connectivity index (χ4n) is 0.579. The maximum atomic E-state index is 9.48. The molecule has 0 spiro atoms. The van der Waals surface area contributed by atoms with E-state index in [0.717, 1.165) is 0 Å². The monoisotopic (exact) mass is 348 g/mol. The van der Waals surface area contributed by atoms with Crippen LogP contribution in [0.25, 0.3) is 0 Å². The molecule has 3 heteroatoms. The Morgan fingerprint density at radius 3 is 2.44 bits per heavy atom. The summed E-state index contributed by atoms with van der Waals surface area (Å²) in [4.78, 5) is 0. The number of alkyl halides is 2. The molecule has 0 heterocycles. The van der Waals surface area contributed by atoms with Crippen LogP contribution in [0, 0.1) is 0 Å². The van der Waals surface area contributed by atoms with Crippen LogP contribution in [-0.2, 0) is 0 Å². The van der Waals surface area contributed by atoms with Crippen LogP contribution < -0.4 is 0 Å². The van der Waals surface area contributed by atoms with Crippen molar-refractivity contribution in [2.24, 2.45) is 0 Å². The highest BCUT2D eigenvalue weighted by Crippen LogP contribution is 2.30. The van der Waals surface area contributed by atoms with E-state index in [9.17, 15) is 5.11 Å². The normalized spacial score (nSPS) is 41.4. The maximum Gasteiger partial charge on any atom is 0.149 e. The molecule has 0 bridgehead atoms. The van der Waals surface area contributed by atoms with Crippen LogP contribution in [0.2, 0.25) is 0 Å². The summed E-state index contributed by atoms with van der Waals surface area (Å²) in [6.45, 7) is 0. The minimum atomic E-state index is -0.674. The molecule has 2 atom stereocenters. The van der Waals surface area contributed by atoms with E-state index in [1.165, 1.54) is 0 Å². The lowest BCUT2D eigenvalue weighted by molar-refractivity contribution is 0.217. The lowest BCUT2D eigenvalue weighted by Crippen LogP contribution is -2.28. The first-order valence-corrected chi connectivity index (χ1v) is 4.87. The van der Waals surface area contributed by atoms with Crippen molar-refractivity contribution in [3.63, 3.8) is 0 Å². The second-order valence-corrected chi connectivity index (χ2v) is 4.94. The van der Waals surface area contributed by atoms with Gasteiger partial charge in [0.15, 0.2) is 0 Å². The highest BCUT2D eigenvalue weighted by Gasteiger charge is 2.27. The van der Waals surface area contributed by atoms with Crippen LogP contribution in [0.15, 0.2) is 24.3 Å². The molecule has 1 rings (SSSR count). The van der Waals surface area contributed by atoms with Gasteiger partial charge in [-0.2, -0.15) is 0 Å². The third-order valence-electron chi connectivity index (χ3n) is 1.11. The molecular weight excluding hydrogens is 342 g/mol. The standard InChI is InChI=1S/C6H6I2O/c7-5-3-1-2-4-6(5,8)9/h1-5,9H. The Balaban J connectivity index is 2.78. The van der Waals surface area contributed by atoms with Gasteiger partial charge in [-0.3, -0.25) is 0 Å². The van der Waals surface area contributed by atoms with E-state index in [-0.39, 0.29) is 3.92 Å². The van der Waals surface area contributed by atoms with Crippen molar-refractivity contribution in [2.75, 3.05) is 0 Å². The fraction of sp³-hybridized carbons (Fsp3) is 0.333. The van der Waals surface area contributed by atoms with Crippen molar-refractivity contribution in [3.8, 4) is 0 Å². The van der Waals surface area contributed by atoms with Crippen LogP contribution in [0.3, 0.4) is 0 Å². The van der Waals surface area contributed by atoms with E-state index in [2.05, 4.69) is 22.6 Å². The van der Waals surface area contributed by atoms with Crippen LogP contribution in [0.4, 0.5) is 0 Å². The van der Waals surface area contributed by atoms with Gasteiger partial charge in [0.1, 0.15) is 3.61 Å². The number of allylic oxidation sites excluding steroid dienone is 2. The molecular formula is C6H6I2O. The molecule has 1 aliphatic rings. The zero-order chi connectivity index (χ0) is 6.91. The van der Waals surface area contributed by atoms with Crippen LogP contribution in [0.1, 0.15) is 0 Å². The van der Waals surface area contributed by atoms with Crippen molar-refractivity contribution in [1.29, 1.82) is 0 Å². The van der Waals surface area contributed by atoms with E-state index in [1.54, 1.807) is 6.08 Å². The summed E-state index contributed by atoms with van der Waals surface area (Å²) in [6, 6.07) is 0. The minimum Gasteiger partial charge on any atom is -0.375 e. The van der Waals surface area contributed by atoms with E-state index >= 15 is 0 Å². The SMILES string of the molecule is OC1(I)C=CC=CC1I. The molecule has 0 radical (unpaired) electrons. The van der Waals surface area contributed by atoms with E-state index in [1.807, 2.05) is 40.8 Å². The highest BCUT2D eigenvalue weighted by molar-refractivity contribution is 14.1. The first-order valence-electron chi connectivity index (χ1n) is 2.54. The number of aliphatic hydroxyl groups is 1. The largest absolute Gasteiger partial charge is 0.375 e. The smallest absolute Gasteiger partial charge is 0.149 e. The lowest BCUT2D eigenvalue weighted by Gasteiger charge is -2.22. The molecule has 0 fully saturated rings. The van der Waals surface area contributed by atoms with Gasteiger partial charge in [-0.1, -0.05) is 40.8 Å². The van der Waals surface area contributed by atoms with Gasteiger partial charge in [-0.15, -0.1) is 0 Å². The molecule has 1 N–H and O–H groups in total. The molecule has 0 amide bonds. The van der Waals surface area contributed by atoms with Crippen molar-refractivity contribution in [2.45, 2.75) is 7.53 Å². The summed E-state index contributed by atoms with van der Waals surface area (Å²) in [5.41, 5.74) is 0. The third-order valence-corrected chi connectivity index (χ3v) is 4.69. The second kappa shape index (κ2) is 2.87. The molecule has 1 aliphatic carbocycles. The summed E-state index contributed by atoms with van der Waals surface area (Å²) in [5, 5.41) is 9.48. The number of halogens is 2. The van der Waals surface area contributed by atoms with Crippen LogP contribution >= 0.6 is 45.2 Å². The van der Waals surface area contributed by atoms with Crippen molar-refractivity contribution in [3.05, 3.63) is 24.3 Å². The molecule has 1 nitrogen and oxygen atoms in total. The predicted octanol–water partition coefficient (Wildman–Crippen LogP) is 2.04. The van der Waals surface area contributed by atoms with Gasteiger partial charge in [-0.05, 0) is 28.7 Å². The van der Waals surface area contributed by atoms with E-state index < -0.39 is 3.61 Å². The molecule has 2 unspecified atom stereocenters. The van der Waals surface area contributed by atoms with E-state index in [0.29, 0.717) is 0 Å². The number of rotatable bonds is 0. The molecule has 0 aromatic rings. The fourth-order valence-corrected chi connectivity index (χ4v) is 1.44. The number of hydrogen-bond acceptors (Lipinski definition) is 1. The van der Waals surface area contributed by atoms with Gasteiger partial charge in [0.05, 0.1) is 3.92 Å². The summed E-state index contributed by atoms with van der Waals surface area (Å²) >= 11 is 4.23. The van der Waals surface area contributed by atoms with Crippen molar-refractivity contribution < 1.29 is 5.11 Å². The highest BCUT2D eigenvalue weighted by atomic mass is 127. The zero-order valence-corrected chi connectivity index (χ0v) is 8.90. The lowest BCUT2D eigenvalue weighted by atomic mass is 10.1.